The van der Waals surface area contributed by atoms with Gasteiger partial charge in [0.25, 0.3) is 0 Å². The summed E-state index contributed by atoms with van der Waals surface area (Å²) >= 11 is 0. The molecule has 30 heavy (non-hydrogen) atoms. The molecule has 3 aromatic rings. The van der Waals surface area contributed by atoms with Crippen molar-refractivity contribution in [2.75, 3.05) is 33.9 Å². The van der Waals surface area contributed by atoms with E-state index in [4.69, 9.17) is 14.2 Å². The number of aryl methyl sites for hydroxylation is 1. The second-order valence-corrected chi connectivity index (χ2v) is 7.43. The van der Waals surface area contributed by atoms with Crippen molar-refractivity contribution in [2.24, 2.45) is 0 Å². The third kappa shape index (κ3) is 4.45. The van der Waals surface area contributed by atoms with Gasteiger partial charge in [-0.1, -0.05) is 24.3 Å². The standard InChI is InChI=1S/C24H27N3O3/c1-17-7-8-19(21(13-17)29-3)15-27-11-12-30-22(16-27)24-23(25-9-10-26-24)18-5-4-6-20(14-18)28-2/h4-10,13-14,22H,11-12,15-16H2,1-3H3/t22-/m0/s1. The molecular formula is C24H27N3O3. The first-order valence-corrected chi connectivity index (χ1v) is 10.1. The van der Waals surface area contributed by atoms with E-state index in [1.165, 1.54) is 11.1 Å². The summed E-state index contributed by atoms with van der Waals surface area (Å²) in [6, 6.07) is 14.2. The zero-order valence-electron chi connectivity index (χ0n) is 17.7. The van der Waals surface area contributed by atoms with Crippen LogP contribution in [0, 0.1) is 6.92 Å². The Morgan fingerprint density at radius 2 is 1.93 bits per heavy atom. The molecule has 0 spiro atoms. The third-order valence-corrected chi connectivity index (χ3v) is 5.36. The third-order valence-electron chi connectivity index (χ3n) is 5.36. The van der Waals surface area contributed by atoms with Crippen molar-refractivity contribution in [1.29, 1.82) is 0 Å². The van der Waals surface area contributed by atoms with Crippen molar-refractivity contribution >= 4 is 0 Å². The monoisotopic (exact) mass is 405 g/mol. The van der Waals surface area contributed by atoms with Crippen molar-refractivity contribution in [3.05, 3.63) is 71.7 Å². The van der Waals surface area contributed by atoms with Crippen LogP contribution in [0.15, 0.2) is 54.9 Å². The van der Waals surface area contributed by atoms with Crippen LogP contribution in [0.5, 0.6) is 11.5 Å². The van der Waals surface area contributed by atoms with Gasteiger partial charge in [0.1, 0.15) is 17.6 Å². The van der Waals surface area contributed by atoms with E-state index < -0.39 is 0 Å². The molecule has 1 aliphatic rings. The molecule has 2 heterocycles. The first-order chi connectivity index (χ1) is 14.7. The highest BCUT2D eigenvalue weighted by Crippen LogP contribution is 2.31. The van der Waals surface area contributed by atoms with Gasteiger partial charge in [0.05, 0.1) is 32.2 Å². The molecule has 4 rings (SSSR count). The molecule has 1 atom stereocenters. The molecule has 6 nitrogen and oxygen atoms in total. The van der Waals surface area contributed by atoms with Crippen molar-refractivity contribution in [3.8, 4) is 22.8 Å². The van der Waals surface area contributed by atoms with Gasteiger partial charge in [-0.25, -0.2) is 0 Å². The number of hydrogen-bond acceptors (Lipinski definition) is 6. The zero-order chi connectivity index (χ0) is 20.9. The molecule has 2 aromatic carbocycles. The maximum atomic E-state index is 6.12. The number of morpholine rings is 1. The summed E-state index contributed by atoms with van der Waals surface area (Å²) in [5.74, 6) is 1.72. The first-order valence-electron chi connectivity index (χ1n) is 10.1. The van der Waals surface area contributed by atoms with Gasteiger partial charge in [-0.05, 0) is 30.7 Å². The molecule has 1 aromatic heterocycles. The Hall–Kier alpha value is -2.96. The van der Waals surface area contributed by atoms with Crippen molar-refractivity contribution < 1.29 is 14.2 Å². The topological polar surface area (TPSA) is 56.7 Å². The second-order valence-electron chi connectivity index (χ2n) is 7.43. The minimum atomic E-state index is -0.148. The van der Waals surface area contributed by atoms with Crippen LogP contribution in [-0.2, 0) is 11.3 Å². The van der Waals surface area contributed by atoms with Crippen LogP contribution >= 0.6 is 0 Å². The van der Waals surface area contributed by atoms with Gasteiger partial charge in [-0.2, -0.15) is 0 Å². The lowest BCUT2D eigenvalue weighted by Gasteiger charge is -2.33. The summed E-state index contributed by atoms with van der Waals surface area (Å²) in [5.41, 5.74) is 5.02. The number of rotatable bonds is 6. The Labute approximate surface area is 177 Å². The van der Waals surface area contributed by atoms with E-state index in [9.17, 15) is 0 Å². The summed E-state index contributed by atoms with van der Waals surface area (Å²) in [7, 11) is 3.39. The quantitative estimate of drug-likeness (QED) is 0.617. The van der Waals surface area contributed by atoms with Crippen LogP contribution in [0.4, 0.5) is 0 Å². The largest absolute Gasteiger partial charge is 0.497 e. The molecule has 6 heteroatoms. The lowest BCUT2D eigenvalue weighted by atomic mass is 10.0. The minimum absolute atomic E-state index is 0.148. The van der Waals surface area contributed by atoms with Gasteiger partial charge in [0.15, 0.2) is 0 Å². The van der Waals surface area contributed by atoms with E-state index in [0.717, 1.165) is 48.1 Å². The van der Waals surface area contributed by atoms with E-state index in [0.29, 0.717) is 6.61 Å². The Balaban J connectivity index is 1.57. The highest BCUT2D eigenvalue weighted by molar-refractivity contribution is 5.63. The molecular weight excluding hydrogens is 378 g/mol. The Morgan fingerprint density at radius 1 is 1.07 bits per heavy atom. The molecule has 156 valence electrons. The Bertz CT molecular complexity index is 1010. The summed E-state index contributed by atoms with van der Waals surface area (Å²) in [4.78, 5) is 11.6. The molecule has 1 saturated heterocycles. The number of nitrogens with zero attached hydrogens (tertiary/aromatic N) is 3. The van der Waals surface area contributed by atoms with Crippen LogP contribution < -0.4 is 9.47 Å². The molecule has 0 amide bonds. The molecule has 0 N–H and O–H groups in total. The van der Waals surface area contributed by atoms with Gasteiger partial charge in [0, 0.05) is 43.2 Å². The van der Waals surface area contributed by atoms with Gasteiger partial charge < -0.3 is 14.2 Å². The van der Waals surface area contributed by atoms with Gasteiger partial charge in [-0.15, -0.1) is 0 Å². The Kier molecular flexibility index (Phi) is 6.26. The van der Waals surface area contributed by atoms with Crippen molar-refractivity contribution in [2.45, 2.75) is 19.6 Å². The molecule has 1 fully saturated rings. The molecule has 0 aliphatic carbocycles. The molecule has 0 saturated carbocycles. The maximum Gasteiger partial charge on any atom is 0.123 e. The van der Waals surface area contributed by atoms with Crippen LogP contribution in [-0.4, -0.2) is 48.8 Å². The first kappa shape index (κ1) is 20.3. The minimum Gasteiger partial charge on any atom is -0.497 e. The lowest BCUT2D eigenvalue weighted by molar-refractivity contribution is -0.0350. The predicted octanol–water partition coefficient (Wildman–Crippen LogP) is 4.04. The highest BCUT2D eigenvalue weighted by Gasteiger charge is 2.27. The normalized spacial score (nSPS) is 17.0. The average Bonchev–Trinajstić information content (AvgIpc) is 2.80. The van der Waals surface area contributed by atoms with E-state index in [1.807, 2.05) is 24.3 Å². The van der Waals surface area contributed by atoms with E-state index in [-0.39, 0.29) is 6.10 Å². The molecule has 1 aliphatic heterocycles. The van der Waals surface area contributed by atoms with Crippen LogP contribution in [0.25, 0.3) is 11.3 Å². The number of hydrogen-bond donors (Lipinski definition) is 0. The average molecular weight is 405 g/mol. The highest BCUT2D eigenvalue weighted by atomic mass is 16.5. The Morgan fingerprint density at radius 3 is 2.77 bits per heavy atom. The second kappa shape index (κ2) is 9.24. The molecule has 0 bridgehead atoms. The van der Waals surface area contributed by atoms with Crippen LogP contribution in [0.2, 0.25) is 0 Å². The zero-order valence-corrected chi connectivity index (χ0v) is 17.7. The fourth-order valence-electron chi connectivity index (χ4n) is 3.81. The van der Waals surface area contributed by atoms with Gasteiger partial charge >= 0.3 is 0 Å². The van der Waals surface area contributed by atoms with Crippen LogP contribution in [0.1, 0.15) is 22.9 Å². The molecule has 0 unspecified atom stereocenters. The van der Waals surface area contributed by atoms with Crippen molar-refractivity contribution in [3.63, 3.8) is 0 Å². The maximum absolute atomic E-state index is 6.12. The van der Waals surface area contributed by atoms with Crippen molar-refractivity contribution in [1.82, 2.24) is 14.9 Å². The SMILES string of the molecule is COc1cccc(-c2nccnc2[C@@H]2CN(Cc3ccc(C)cc3OC)CCO2)c1. The van der Waals surface area contributed by atoms with E-state index in [1.54, 1.807) is 26.6 Å². The summed E-state index contributed by atoms with van der Waals surface area (Å²) < 4.78 is 17.1. The van der Waals surface area contributed by atoms with E-state index in [2.05, 4.69) is 40.0 Å². The summed E-state index contributed by atoms with van der Waals surface area (Å²) in [6.07, 6.45) is 3.30. The fourth-order valence-corrected chi connectivity index (χ4v) is 3.81. The number of benzene rings is 2. The smallest absolute Gasteiger partial charge is 0.123 e. The predicted molar refractivity (Wildman–Crippen MR) is 116 cm³/mol. The number of ether oxygens (including phenoxy) is 3. The summed E-state index contributed by atoms with van der Waals surface area (Å²) in [5, 5.41) is 0. The van der Waals surface area contributed by atoms with Crippen LogP contribution in [0.3, 0.4) is 0 Å². The number of methoxy groups -OCH3 is 2. The fraction of sp³-hybridized carbons (Fsp3) is 0.333. The summed E-state index contributed by atoms with van der Waals surface area (Å²) in [6.45, 7) is 5.13. The van der Waals surface area contributed by atoms with E-state index >= 15 is 0 Å². The molecule has 0 radical (unpaired) electrons. The number of aromatic nitrogens is 2. The van der Waals surface area contributed by atoms with Gasteiger partial charge in [-0.3, -0.25) is 14.9 Å². The lowest BCUT2D eigenvalue weighted by Crippen LogP contribution is -2.38. The van der Waals surface area contributed by atoms with Gasteiger partial charge in [0.2, 0.25) is 0 Å².